The summed E-state index contributed by atoms with van der Waals surface area (Å²) in [5.74, 6) is -0.198. The van der Waals surface area contributed by atoms with Crippen LogP contribution in [0.4, 0.5) is 18.9 Å². The molecule has 0 aromatic heterocycles. The highest BCUT2D eigenvalue weighted by Crippen LogP contribution is 2.37. The van der Waals surface area contributed by atoms with Gasteiger partial charge >= 0.3 is 6.36 Å². The Kier molecular flexibility index (Phi) is 4.07. The van der Waals surface area contributed by atoms with Crippen LogP contribution in [0.15, 0.2) is 42.5 Å². The fourth-order valence-corrected chi connectivity index (χ4v) is 3.75. The maximum atomic E-state index is 12.3. The molecule has 6 heteroatoms. The average molecular weight is 348 g/mol. The standard InChI is InChI=1S/C19H19F3N2O/c20-19(21,22)25-17-5-3-13(4-6-17)14-1-2-15-11-16-7-8-23-9-10-24(16)18(15)12-14/h1-6,12,16,23H,7-11H2. The Bertz CT molecular complexity index is 758. The fraction of sp³-hybridized carbons (Fsp3) is 0.368. The number of halogens is 3. The zero-order valence-electron chi connectivity index (χ0n) is 13.6. The number of nitrogens with one attached hydrogen (secondary N) is 1. The fourth-order valence-electron chi connectivity index (χ4n) is 3.75. The lowest BCUT2D eigenvalue weighted by molar-refractivity contribution is -0.274. The van der Waals surface area contributed by atoms with Crippen molar-refractivity contribution >= 4 is 5.69 Å². The van der Waals surface area contributed by atoms with Crippen molar-refractivity contribution in [3.8, 4) is 16.9 Å². The van der Waals surface area contributed by atoms with Gasteiger partial charge in [-0.25, -0.2) is 0 Å². The molecule has 2 heterocycles. The zero-order chi connectivity index (χ0) is 17.4. The van der Waals surface area contributed by atoms with Crippen molar-refractivity contribution in [1.82, 2.24) is 5.32 Å². The summed E-state index contributed by atoms with van der Waals surface area (Å²) >= 11 is 0. The summed E-state index contributed by atoms with van der Waals surface area (Å²) < 4.78 is 40.8. The second-order valence-electron chi connectivity index (χ2n) is 6.51. The Hall–Kier alpha value is -2.21. The van der Waals surface area contributed by atoms with E-state index in [0.717, 1.165) is 43.6 Å². The Labute approximate surface area is 144 Å². The lowest BCUT2D eigenvalue weighted by atomic mass is 10.0. The van der Waals surface area contributed by atoms with Crippen molar-refractivity contribution in [3.63, 3.8) is 0 Å². The van der Waals surface area contributed by atoms with Gasteiger partial charge in [0.15, 0.2) is 0 Å². The molecule has 2 aromatic rings. The van der Waals surface area contributed by atoms with Crippen molar-refractivity contribution in [2.45, 2.75) is 25.2 Å². The number of ether oxygens (including phenoxy) is 1. The van der Waals surface area contributed by atoms with Gasteiger partial charge in [-0.05, 0) is 54.3 Å². The summed E-state index contributed by atoms with van der Waals surface area (Å²) in [4.78, 5) is 2.46. The highest BCUT2D eigenvalue weighted by atomic mass is 19.4. The molecular weight excluding hydrogens is 329 g/mol. The largest absolute Gasteiger partial charge is 0.573 e. The molecule has 3 nitrogen and oxygen atoms in total. The van der Waals surface area contributed by atoms with E-state index >= 15 is 0 Å². The highest BCUT2D eigenvalue weighted by Gasteiger charge is 2.31. The van der Waals surface area contributed by atoms with E-state index < -0.39 is 6.36 Å². The van der Waals surface area contributed by atoms with Crippen LogP contribution in [0.25, 0.3) is 11.1 Å². The molecule has 1 unspecified atom stereocenters. The van der Waals surface area contributed by atoms with E-state index in [2.05, 4.69) is 27.1 Å². The molecule has 1 saturated heterocycles. The lowest BCUT2D eigenvalue weighted by Crippen LogP contribution is -2.32. The molecule has 0 aliphatic carbocycles. The third-order valence-electron chi connectivity index (χ3n) is 4.90. The maximum absolute atomic E-state index is 12.3. The summed E-state index contributed by atoms with van der Waals surface area (Å²) in [6.45, 7) is 3.01. The minimum atomic E-state index is -4.66. The van der Waals surface area contributed by atoms with Crippen LogP contribution in [-0.4, -0.2) is 32.0 Å². The first-order valence-corrected chi connectivity index (χ1v) is 8.46. The smallest absolute Gasteiger partial charge is 0.406 e. The molecule has 132 valence electrons. The third-order valence-corrected chi connectivity index (χ3v) is 4.90. The molecule has 0 bridgehead atoms. The van der Waals surface area contributed by atoms with Crippen LogP contribution in [0, 0.1) is 0 Å². The van der Waals surface area contributed by atoms with Crippen LogP contribution >= 0.6 is 0 Å². The van der Waals surface area contributed by atoms with Crippen LogP contribution < -0.4 is 15.0 Å². The van der Waals surface area contributed by atoms with E-state index in [1.54, 1.807) is 12.1 Å². The lowest BCUT2D eigenvalue weighted by Gasteiger charge is -2.24. The van der Waals surface area contributed by atoms with Crippen LogP contribution in [0.1, 0.15) is 12.0 Å². The van der Waals surface area contributed by atoms with Gasteiger partial charge in [-0.2, -0.15) is 0 Å². The van der Waals surface area contributed by atoms with Crippen molar-refractivity contribution in [2.75, 3.05) is 24.5 Å². The SMILES string of the molecule is FC(F)(F)Oc1ccc(-c2ccc3c(c2)N2CCNCCC2C3)cc1. The molecule has 0 amide bonds. The van der Waals surface area contributed by atoms with E-state index in [1.165, 1.54) is 23.4 Å². The van der Waals surface area contributed by atoms with E-state index in [0.29, 0.717) is 6.04 Å². The molecule has 1 N–H and O–H groups in total. The monoisotopic (exact) mass is 348 g/mol. The van der Waals surface area contributed by atoms with E-state index in [1.807, 2.05) is 6.07 Å². The van der Waals surface area contributed by atoms with Crippen LogP contribution in [0.5, 0.6) is 5.75 Å². The predicted octanol–water partition coefficient (Wildman–Crippen LogP) is 3.98. The van der Waals surface area contributed by atoms with Gasteiger partial charge in [0.2, 0.25) is 0 Å². The van der Waals surface area contributed by atoms with Gasteiger partial charge in [-0.3, -0.25) is 0 Å². The van der Waals surface area contributed by atoms with E-state index in [9.17, 15) is 13.2 Å². The third kappa shape index (κ3) is 3.44. The number of hydrogen-bond acceptors (Lipinski definition) is 3. The van der Waals surface area contributed by atoms with Gasteiger partial charge in [-0.1, -0.05) is 24.3 Å². The van der Waals surface area contributed by atoms with E-state index in [-0.39, 0.29) is 5.75 Å². The number of rotatable bonds is 2. The number of nitrogens with zero attached hydrogens (tertiary/aromatic N) is 1. The van der Waals surface area contributed by atoms with Gasteiger partial charge in [0.1, 0.15) is 5.75 Å². The summed E-state index contributed by atoms with van der Waals surface area (Å²) in [6.07, 6.45) is -2.46. The van der Waals surface area contributed by atoms with Gasteiger partial charge in [-0.15, -0.1) is 13.2 Å². The molecule has 0 saturated carbocycles. The van der Waals surface area contributed by atoms with Gasteiger partial charge < -0.3 is 15.0 Å². The van der Waals surface area contributed by atoms with Gasteiger partial charge in [0.05, 0.1) is 0 Å². The summed E-state index contributed by atoms with van der Waals surface area (Å²) in [7, 11) is 0. The molecule has 1 fully saturated rings. The minimum absolute atomic E-state index is 0.198. The summed E-state index contributed by atoms with van der Waals surface area (Å²) in [5.41, 5.74) is 4.50. The van der Waals surface area contributed by atoms with Crippen LogP contribution in [0.3, 0.4) is 0 Å². The topological polar surface area (TPSA) is 24.5 Å². The summed E-state index contributed by atoms with van der Waals surface area (Å²) in [6, 6.07) is 12.9. The first-order valence-electron chi connectivity index (χ1n) is 8.46. The van der Waals surface area contributed by atoms with Gasteiger partial charge in [0, 0.05) is 24.8 Å². The van der Waals surface area contributed by atoms with E-state index in [4.69, 9.17) is 0 Å². The Morgan fingerprint density at radius 1 is 1.00 bits per heavy atom. The minimum Gasteiger partial charge on any atom is -0.406 e. The molecule has 4 rings (SSSR count). The second-order valence-corrected chi connectivity index (χ2v) is 6.51. The van der Waals surface area contributed by atoms with Crippen molar-refractivity contribution in [2.24, 2.45) is 0 Å². The molecule has 0 radical (unpaired) electrons. The second kappa shape index (κ2) is 6.26. The number of fused-ring (bicyclic) bond motifs is 3. The summed E-state index contributed by atoms with van der Waals surface area (Å²) in [5, 5.41) is 3.43. The van der Waals surface area contributed by atoms with Crippen molar-refractivity contribution < 1.29 is 17.9 Å². The first-order chi connectivity index (χ1) is 12.0. The number of anilines is 1. The maximum Gasteiger partial charge on any atom is 0.573 e. The number of benzene rings is 2. The molecule has 2 aromatic carbocycles. The zero-order valence-corrected chi connectivity index (χ0v) is 13.6. The molecule has 1 atom stereocenters. The number of alkyl halides is 3. The van der Waals surface area contributed by atoms with Crippen LogP contribution in [-0.2, 0) is 6.42 Å². The Balaban J connectivity index is 1.59. The van der Waals surface area contributed by atoms with Crippen molar-refractivity contribution in [3.05, 3.63) is 48.0 Å². The van der Waals surface area contributed by atoms with Crippen LogP contribution in [0.2, 0.25) is 0 Å². The molecule has 2 aliphatic rings. The predicted molar refractivity (Wildman–Crippen MR) is 90.9 cm³/mol. The first kappa shape index (κ1) is 16.3. The Morgan fingerprint density at radius 2 is 1.76 bits per heavy atom. The van der Waals surface area contributed by atoms with Crippen molar-refractivity contribution in [1.29, 1.82) is 0 Å². The molecule has 0 spiro atoms. The Morgan fingerprint density at radius 3 is 2.52 bits per heavy atom. The highest BCUT2D eigenvalue weighted by molar-refractivity contribution is 5.73. The molecular formula is C19H19F3N2O. The normalized spacial score (nSPS) is 20.0. The average Bonchev–Trinajstić information content (AvgIpc) is 2.74. The molecule has 2 aliphatic heterocycles. The quantitative estimate of drug-likeness (QED) is 0.889. The molecule has 25 heavy (non-hydrogen) atoms. The number of hydrogen-bond donors (Lipinski definition) is 1. The van der Waals surface area contributed by atoms with Gasteiger partial charge in [0.25, 0.3) is 0 Å².